The summed E-state index contributed by atoms with van der Waals surface area (Å²) in [7, 11) is 0. The van der Waals surface area contributed by atoms with Gasteiger partial charge in [0.2, 0.25) is 0 Å². The third kappa shape index (κ3) is 6.70. The maximum atomic E-state index is 12.3. The van der Waals surface area contributed by atoms with Crippen molar-refractivity contribution >= 4 is 17.2 Å². The minimum Gasteiger partial charge on any atom is -0.395 e. The average molecular weight is 240 g/mol. The molecule has 0 heterocycles. The van der Waals surface area contributed by atoms with Crippen molar-refractivity contribution in [3.8, 4) is 0 Å². The van der Waals surface area contributed by atoms with Crippen molar-refractivity contribution in [2.75, 3.05) is 19.7 Å². The van der Waals surface area contributed by atoms with Gasteiger partial charge in [0.15, 0.2) is 0 Å². The highest BCUT2D eigenvalue weighted by Gasteiger charge is 2.20. The van der Waals surface area contributed by atoms with E-state index < -0.39 is 6.43 Å². The summed E-state index contributed by atoms with van der Waals surface area (Å²) in [4.78, 5) is 1.85. The fraction of sp³-hybridized carbons (Fsp3) is 0.889. The third-order valence-corrected chi connectivity index (χ3v) is 2.35. The van der Waals surface area contributed by atoms with Gasteiger partial charge in [-0.05, 0) is 6.42 Å². The Morgan fingerprint density at radius 2 is 2.13 bits per heavy atom. The average Bonchev–Trinajstić information content (AvgIpc) is 2.12. The van der Waals surface area contributed by atoms with Crippen LogP contribution in [0.25, 0.3) is 0 Å². The predicted octanol–water partition coefficient (Wildman–Crippen LogP) is 1.00. The van der Waals surface area contributed by atoms with Crippen molar-refractivity contribution in [3.63, 3.8) is 0 Å². The van der Waals surface area contributed by atoms with Crippen molar-refractivity contribution in [2.24, 2.45) is 5.73 Å². The molecule has 0 saturated heterocycles. The lowest BCUT2D eigenvalue weighted by Crippen LogP contribution is -2.42. The lowest BCUT2D eigenvalue weighted by atomic mass is 10.1. The van der Waals surface area contributed by atoms with Crippen LogP contribution in [0.1, 0.15) is 19.8 Å². The number of nitrogens with zero attached hydrogens (tertiary/aromatic N) is 1. The van der Waals surface area contributed by atoms with Gasteiger partial charge < -0.3 is 10.8 Å². The molecule has 0 aliphatic rings. The molecule has 1 atom stereocenters. The van der Waals surface area contributed by atoms with E-state index >= 15 is 0 Å². The second-order valence-electron chi connectivity index (χ2n) is 3.34. The quantitative estimate of drug-likeness (QED) is 0.621. The van der Waals surface area contributed by atoms with Crippen molar-refractivity contribution in [2.45, 2.75) is 32.2 Å². The highest BCUT2D eigenvalue weighted by molar-refractivity contribution is 7.80. The molecule has 0 rings (SSSR count). The van der Waals surface area contributed by atoms with E-state index in [1.807, 2.05) is 6.92 Å². The van der Waals surface area contributed by atoms with Crippen LogP contribution >= 0.6 is 12.2 Å². The molecule has 0 aromatic carbocycles. The molecular formula is C9H18F2N2OS. The molecule has 0 spiro atoms. The van der Waals surface area contributed by atoms with E-state index in [4.69, 9.17) is 23.1 Å². The highest BCUT2D eigenvalue weighted by Crippen LogP contribution is 2.11. The van der Waals surface area contributed by atoms with Gasteiger partial charge in [-0.15, -0.1) is 0 Å². The molecule has 3 nitrogen and oxygen atoms in total. The van der Waals surface area contributed by atoms with Gasteiger partial charge in [-0.1, -0.05) is 19.1 Å². The van der Waals surface area contributed by atoms with Crippen molar-refractivity contribution in [1.82, 2.24) is 4.90 Å². The normalized spacial score (nSPS) is 13.5. The second-order valence-corrected chi connectivity index (χ2v) is 3.87. The summed E-state index contributed by atoms with van der Waals surface area (Å²) in [6.45, 7) is 1.63. The maximum absolute atomic E-state index is 12.3. The van der Waals surface area contributed by atoms with E-state index in [0.29, 0.717) is 17.8 Å². The largest absolute Gasteiger partial charge is 0.395 e. The van der Waals surface area contributed by atoms with E-state index in [1.165, 1.54) is 4.90 Å². The van der Waals surface area contributed by atoms with E-state index in [9.17, 15) is 8.78 Å². The van der Waals surface area contributed by atoms with Crippen LogP contribution in [0, 0.1) is 0 Å². The van der Waals surface area contributed by atoms with Crippen molar-refractivity contribution < 1.29 is 13.9 Å². The Morgan fingerprint density at radius 1 is 1.53 bits per heavy atom. The molecule has 1 unspecified atom stereocenters. The molecule has 6 heteroatoms. The zero-order valence-corrected chi connectivity index (χ0v) is 9.64. The molecule has 0 aliphatic carbocycles. The molecule has 0 aromatic heterocycles. The molecule has 0 amide bonds. The Hall–Kier alpha value is -0.330. The number of thiocarbonyl (C=S) groups is 1. The Bertz CT molecular complexity index is 193. The summed E-state index contributed by atoms with van der Waals surface area (Å²) in [5.74, 6) is 0. The number of nitrogens with two attached hydrogens (primary N) is 1. The van der Waals surface area contributed by atoms with Crippen LogP contribution in [0.5, 0.6) is 0 Å². The summed E-state index contributed by atoms with van der Waals surface area (Å²) in [6.07, 6.45) is -1.31. The third-order valence-electron chi connectivity index (χ3n) is 2.18. The van der Waals surface area contributed by atoms with Gasteiger partial charge in [-0.25, -0.2) is 8.78 Å². The fourth-order valence-corrected chi connectivity index (χ4v) is 1.68. The van der Waals surface area contributed by atoms with Gasteiger partial charge in [0.05, 0.1) is 18.1 Å². The Kier molecular flexibility index (Phi) is 7.72. The molecule has 90 valence electrons. The molecule has 15 heavy (non-hydrogen) atoms. The van der Waals surface area contributed by atoms with Gasteiger partial charge in [-0.3, -0.25) is 4.90 Å². The minimum atomic E-state index is -2.41. The maximum Gasteiger partial charge on any atom is 0.251 e. The summed E-state index contributed by atoms with van der Waals surface area (Å²) < 4.78 is 24.5. The molecule has 0 fully saturated rings. The van der Waals surface area contributed by atoms with E-state index in [2.05, 4.69) is 0 Å². The SMILES string of the molecule is CCC(CC(N)=S)N(CCO)CC(F)F. The second kappa shape index (κ2) is 7.90. The monoisotopic (exact) mass is 240 g/mol. The Balaban J connectivity index is 4.32. The van der Waals surface area contributed by atoms with Crippen molar-refractivity contribution in [1.29, 1.82) is 0 Å². The number of hydrogen-bond donors (Lipinski definition) is 2. The molecule has 0 aromatic rings. The van der Waals surface area contributed by atoms with Gasteiger partial charge in [0.1, 0.15) is 0 Å². The van der Waals surface area contributed by atoms with Crippen LogP contribution in [-0.2, 0) is 0 Å². The number of rotatable bonds is 8. The number of aliphatic hydroxyl groups excluding tert-OH is 1. The van der Waals surface area contributed by atoms with E-state index in [1.54, 1.807) is 0 Å². The predicted molar refractivity (Wildman–Crippen MR) is 60.1 cm³/mol. The summed E-state index contributed by atoms with van der Waals surface area (Å²) in [6, 6.07) is -0.108. The summed E-state index contributed by atoms with van der Waals surface area (Å²) >= 11 is 4.76. The lowest BCUT2D eigenvalue weighted by Gasteiger charge is -2.29. The number of aliphatic hydroxyl groups is 1. The zero-order valence-electron chi connectivity index (χ0n) is 8.83. The van der Waals surface area contributed by atoms with Crippen LogP contribution in [0.2, 0.25) is 0 Å². The first-order valence-corrected chi connectivity index (χ1v) is 5.33. The Morgan fingerprint density at radius 3 is 2.47 bits per heavy atom. The summed E-state index contributed by atoms with van der Waals surface area (Å²) in [5.41, 5.74) is 5.39. The smallest absolute Gasteiger partial charge is 0.251 e. The molecular weight excluding hydrogens is 222 g/mol. The van der Waals surface area contributed by atoms with Gasteiger partial charge in [0, 0.05) is 19.0 Å². The summed E-state index contributed by atoms with van der Waals surface area (Å²) in [5, 5.41) is 8.78. The van der Waals surface area contributed by atoms with Crippen molar-refractivity contribution in [3.05, 3.63) is 0 Å². The number of alkyl halides is 2. The molecule has 0 aliphatic heterocycles. The van der Waals surface area contributed by atoms with E-state index in [-0.39, 0.29) is 25.7 Å². The fourth-order valence-electron chi connectivity index (χ4n) is 1.49. The van der Waals surface area contributed by atoms with Crippen LogP contribution in [0.3, 0.4) is 0 Å². The minimum absolute atomic E-state index is 0.108. The topological polar surface area (TPSA) is 49.5 Å². The van der Waals surface area contributed by atoms with Gasteiger partial charge in [-0.2, -0.15) is 0 Å². The highest BCUT2D eigenvalue weighted by atomic mass is 32.1. The number of hydrogen-bond acceptors (Lipinski definition) is 3. The van der Waals surface area contributed by atoms with Crippen LogP contribution in [0.15, 0.2) is 0 Å². The molecule has 0 bridgehead atoms. The number of halogens is 2. The Labute approximate surface area is 94.2 Å². The van der Waals surface area contributed by atoms with Gasteiger partial charge >= 0.3 is 0 Å². The first-order chi connectivity index (χ1) is 7.01. The van der Waals surface area contributed by atoms with E-state index in [0.717, 1.165) is 0 Å². The molecule has 0 radical (unpaired) electrons. The van der Waals surface area contributed by atoms with Crippen LogP contribution in [-0.4, -0.2) is 47.2 Å². The first kappa shape index (κ1) is 14.7. The lowest BCUT2D eigenvalue weighted by molar-refractivity contribution is 0.0551. The molecule has 3 N–H and O–H groups in total. The van der Waals surface area contributed by atoms with Gasteiger partial charge in [0.25, 0.3) is 6.43 Å². The van der Waals surface area contributed by atoms with Crippen LogP contribution in [0.4, 0.5) is 8.78 Å². The van der Waals surface area contributed by atoms with Crippen LogP contribution < -0.4 is 5.73 Å². The first-order valence-electron chi connectivity index (χ1n) is 4.92. The molecule has 0 saturated carbocycles. The zero-order chi connectivity index (χ0) is 11.8. The standard InChI is InChI=1S/C9H18F2N2OS/c1-2-7(5-9(12)15)13(3-4-14)6-8(10)11/h7-8,14H,2-6H2,1H3,(H2,12,15).